The van der Waals surface area contributed by atoms with E-state index in [-0.39, 0.29) is 0 Å². The third-order valence-corrected chi connectivity index (χ3v) is 1.22. The molecule has 1 heteroatoms. The Kier molecular flexibility index (Phi) is 7.30. The van der Waals surface area contributed by atoms with E-state index in [1.54, 1.807) is 0 Å². The normalized spacial score (nSPS) is 8.17. The molecule has 0 saturated carbocycles. The zero-order chi connectivity index (χ0) is 9.23. The second kappa shape index (κ2) is 8.02. The first-order valence-electron chi connectivity index (χ1n) is 4.08. The highest BCUT2D eigenvalue weighted by molar-refractivity contribution is 5.16. The highest BCUT2D eigenvalue weighted by Gasteiger charge is 1.82. The quantitative estimate of drug-likeness (QED) is 0.659. The Balaban J connectivity index is 0.000000354. The van der Waals surface area contributed by atoms with Crippen LogP contribution < -0.4 is 5.32 Å². The smallest absolute Gasteiger partial charge is 0.0100 e. The molecule has 0 unspecified atom stereocenters. The molecule has 0 aromatic heterocycles. The van der Waals surface area contributed by atoms with Crippen LogP contribution in [-0.2, 0) is 6.42 Å². The third-order valence-electron chi connectivity index (χ3n) is 1.22. The van der Waals surface area contributed by atoms with E-state index in [0.717, 1.165) is 6.42 Å². The van der Waals surface area contributed by atoms with Crippen LogP contribution in [0.4, 0.5) is 0 Å². The van der Waals surface area contributed by atoms with Gasteiger partial charge in [0.2, 0.25) is 0 Å². The van der Waals surface area contributed by atoms with Crippen molar-refractivity contribution < 1.29 is 0 Å². The summed E-state index contributed by atoms with van der Waals surface area (Å²) in [4.78, 5) is 0. The predicted molar refractivity (Wildman–Crippen MR) is 55.3 cm³/mol. The molecular formula is C11H17N. The van der Waals surface area contributed by atoms with Crippen LogP contribution in [0.1, 0.15) is 5.56 Å². The molecule has 0 fully saturated rings. The van der Waals surface area contributed by atoms with Gasteiger partial charge in [0.1, 0.15) is 0 Å². The molecule has 0 heterocycles. The van der Waals surface area contributed by atoms with Crippen LogP contribution in [0.2, 0.25) is 0 Å². The van der Waals surface area contributed by atoms with Gasteiger partial charge in [0, 0.05) is 0 Å². The summed E-state index contributed by atoms with van der Waals surface area (Å²) in [5.41, 5.74) is 1.33. The molecule has 1 N–H and O–H groups in total. The van der Waals surface area contributed by atoms with Crippen LogP contribution in [0.3, 0.4) is 0 Å². The van der Waals surface area contributed by atoms with E-state index in [4.69, 9.17) is 0 Å². The van der Waals surface area contributed by atoms with Crippen LogP contribution in [0.15, 0.2) is 43.0 Å². The Morgan fingerprint density at radius 3 is 2.17 bits per heavy atom. The summed E-state index contributed by atoms with van der Waals surface area (Å²) in [6, 6.07) is 10.3. The molecule has 1 rings (SSSR count). The number of allylic oxidation sites excluding steroid dienone is 1. The fourth-order valence-electron chi connectivity index (χ4n) is 0.781. The molecule has 0 radical (unpaired) electrons. The number of benzene rings is 1. The van der Waals surface area contributed by atoms with Crippen LogP contribution in [0.5, 0.6) is 0 Å². The number of hydrogen-bond acceptors (Lipinski definition) is 1. The first-order valence-corrected chi connectivity index (χ1v) is 4.08. The van der Waals surface area contributed by atoms with E-state index < -0.39 is 0 Å². The SMILES string of the molecule is C=CCc1ccccc1.CNC. The summed E-state index contributed by atoms with van der Waals surface area (Å²) in [6.45, 7) is 3.66. The van der Waals surface area contributed by atoms with Crippen LogP contribution in [0.25, 0.3) is 0 Å². The van der Waals surface area contributed by atoms with Gasteiger partial charge in [0.25, 0.3) is 0 Å². The maximum atomic E-state index is 3.66. The lowest BCUT2D eigenvalue weighted by Crippen LogP contribution is -1.89. The van der Waals surface area contributed by atoms with Gasteiger partial charge in [0.05, 0.1) is 0 Å². The molecule has 0 amide bonds. The lowest BCUT2D eigenvalue weighted by atomic mass is 10.2. The Morgan fingerprint density at radius 1 is 1.25 bits per heavy atom. The van der Waals surface area contributed by atoms with Crippen molar-refractivity contribution in [2.45, 2.75) is 6.42 Å². The summed E-state index contributed by atoms with van der Waals surface area (Å²) in [5.74, 6) is 0. The van der Waals surface area contributed by atoms with Gasteiger partial charge in [-0.2, -0.15) is 0 Å². The minimum atomic E-state index is 0.973. The molecule has 0 bridgehead atoms. The van der Waals surface area contributed by atoms with Gasteiger partial charge in [-0.3, -0.25) is 0 Å². The standard InChI is InChI=1S/C9H10.C2H7N/c1-2-6-9-7-4-3-5-8-9;1-3-2/h2-5,7-8H,1,6H2;3H,1-2H3. The molecule has 0 spiro atoms. The first kappa shape index (κ1) is 10.9. The van der Waals surface area contributed by atoms with Crippen molar-refractivity contribution in [3.05, 3.63) is 48.6 Å². The zero-order valence-electron chi connectivity index (χ0n) is 7.88. The molecule has 0 aliphatic carbocycles. The third kappa shape index (κ3) is 5.69. The Hall–Kier alpha value is -1.08. The second-order valence-corrected chi connectivity index (χ2v) is 2.48. The van der Waals surface area contributed by atoms with Crippen molar-refractivity contribution >= 4 is 0 Å². The fraction of sp³-hybridized carbons (Fsp3) is 0.273. The summed E-state index contributed by atoms with van der Waals surface area (Å²) >= 11 is 0. The predicted octanol–water partition coefficient (Wildman–Crippen LogP) is 2.25. The van der Waals surface area contributed by atoms with Gasteiger partial charge in [-0.25, -0.2) is 0 Å². The summed E-state index contributed by atoms with van der Waals surface area (Å²) in [5, 5.41) is 2.75. The lowest BCUT2D eigenvalue weighted by molar-refractivity contribution is 1.02. The van der Waals surface area contributed by atoms with Crippen molar-refractivity contribution in [2.24, 2.45) is 0 Å². The molecule has 0 aliphatic rings. The molecule has 0 aliphatic heterocycles. The van der Waals surface area contributed by atoms with Crippen LogP contribution in [0, 0.1) is 0 Å². The first-order chi connectivity index (χ1) is 5.85. The monoisotopic (exact) mass is 163 g/mol. The van der Waals surface area contributed by atoms with Crippen molar-refractivity contribution in [1.29, 1.82) is 0 Å². The summed E-state index contributed by atoms with van der Waals surface area (Å²) in [7, 11) is 3.75. The van der Waals surface area contributed by atoms with Gasteiger partial charge in [-0.1, -0.05) is 36.4 Å². The fourth-order valence-corrected chi connectivity index (χ4v) is 0.781. The van der Waals surface area contributed by atoms with E-state index in [1.165, 1.54) is 5.56 Å². The summed E-state index contributed by atoms with van der Waals surface area (Å²) < 4.78 is 0. The zero-order valence-corrected chi connectivity index (χ0v) is 7.88. The van der Waals surface area contributed by atoms with Gasteiger partial charge in [-0.15, -0.1) is 6.58 Å². The van der Waals surface area contributed by atoms with E-state index in [1.807, 2.05) is 38.4 Å². The largest absolute Gasteiger partial charge is 0.323 e. The van der Waals surface area contributed by atoms with E-state index >= 15 is 0 Å². The number of nitrogens with one attached hydrogen (secondary N) is 1. The van der Waals surface area contributed by atoms with Crippen LogP contribution in [-0.4, -0.2) is 14.1 Å². The maximum Gasteiger partial charge on any atom is -0.0100 e. The molecule has 1 nitrogen and oxygen atoms in total. The number of hydrogen-bond donors (Lipinski definition) is 1. The van der Waals surface area contributed by atoms with Gasteiger partial charge in [0.15, 0.2) is 0 Å². The minimum Gasteiger partial charge on any atom is -0.323 e. The lowest BCUT2D eigenvalue weighted by Gasteiger charge is -1.91. The minimum absolute atomic E-state index is 0.973. The van der Waals surface area contributed by atoms with Crippen molar-refractivity contribution in [2.75, 3.05) is 14.1 Å². The van der Waals surface area contributed by atoms with Gasteiger partial charge < -0.3 is 5.32 Å². The average molecular weight is 163 g/mol. The molecule has 1 aromatic carbocycles. The van der Waals surface area contributed by atoms with E-state index in [9.17, 15) is 0 Å². The van der Waals surface area contributed by atoms with E-state index in [2.05, 4.69) is 24.0 Å². The van der Waals surface area contributed by atoms with Gasteiger partial charge in [-0.05, 0) is 26.1 Å². The summed E-state index contributed by atoms with van der Waals surface area (Å²) in [6.07, 6.45) is 2.89. The Labute approximate surface area is 75.1 Å². The van der Waals surface area contributed by atoms with E-state index in [0.29, 0.717) is 0 Å². The molecule has 0 saturated heterocycles. The number of rotatable bonds is 2. The highest BCUT2D eigenvalue weighted by Crippen LogP contribution is 1.98. The van der Waals surface area contributed by atoms with Crippen molar-refractivity contribution in [3.63, 3.8) is 0 Å². The second-order valence-electron chi connectivity index (χ2n) is 2.48. The van der Waals surface area contributed by atoms with Gasteiger partial charge >= 0.3 is 0 Å². The topological polar surface area (TPSA) is 12.0 Å². The van der Waals surface area contributed by atoms with Crippen LogP contribution >= 0.6 is 0 Å². The molecule has 0 atom stereocenters. The molecule has 66 valence electrons. The highest BCUT2D eigenvalue weighted by atomic mass is 14.7. The van der Waals surface area contributed by atoms with Crippen molar-refractivity contribution in [1.82, 2.24) is 5.32 Å². The molecule has 1 aromatic rings. The molecular weight excluding hydrogens is 146 g/mol. The average Bonchev–Trinajstić information content (AvgIpc) is 2.08. The Morgan fingerprint density at radius 2 is 1.75 bits per heavy atom. The van der Waals surface area contributed by atoms with Crippen molar-refractivity contribution in [3.8, 4) is 0 Å². The maximum absolute atomic E-state index is 3.66. The molecule has 12 heavy (non-hydrogen) atoms. The Bertz CT molecular complexity index is 191.